The first kappa shape index (κ1) is 16.7. The van der Waals surface area contributed by atoms with Gasteiger partial charge in [0.15, 0.2) is 0 Å². The van der Waals surface area contributed by atoms with E-state index in [1.807, 2.05) is 0 Å². The van der Waals surface area contributed by atoms with Crippen molar-refractivity contribution in [2.45, 2.75) is 25.1 Å². The Morgan fingerprint density at radius 3 is 2.41 bits per heavy atom. The van der Waals surface area contributed by atoms with Crippen LogP contribution in [-0.2, 0) is 0 Å². The van der Waals surface area contributed by atoms with Gasteiger partial charge in [-0.2, -0.15) is 13.2 Å². The minimum Gasteiger partial charge on any atom is -0.324 e. The van der Waals surface area contributed by atoms with E-state index in [0.29, 0.717) is 10.0 Å². The molecule has 2 N–H and O–H groups in total. The Morgan fingerprint density at radius 2 is 1.88 bits per heavy atom. The smallest absolute Gasteiger partial charge is 0.324 e. The van der Waals surface area contributed by atoms with Crippen LogP contribution in [0.4, 0.5) is 17.6 Å². The van der Waals surface area contributed by atoms with Crippen molar-refractivity contribution in [1.82, 2.24) is 0 Å². The van der Waals surface area contributed by atoms with Crippen molar-refractivity contribution < 1.29 is 17.6 Å². The lowest BCUT2D eigenvalue weighted by atomic mass is 10.0. The summed E-state index contributed by atoms with van der Waals surface area (Å²) in [6.07, 6.45) is -5.47. The van der Waals surface area contributed by atoms with Crippen molar-refractivity contribution in [3.63, 3.8) is 0 Å². The monoisotopic (exact) mass is 335 g/mol. The lowest BCUT2D eigenvalue weighted by Crippen LogP contribution is -2.16. The van der Waals surface area contributed by atoms with Crippen LogP contribution >= 0.6 is 28.3 Å². The quantitative estimate of drug-likeness (QED) is 0.816. The number of nitrogens with two attached hydrogens (primary N) is 1. The molecular formula is C10H11BrClF4N. The highest BCUT2D eigenvalue weighted by atomic mass is 79.9. The SMILES string of the molecule is Cl.N[C@@H](CCC(F)(F)F)c1cc(F)ccc1Br. The molecule has 17 heavy (non-hydrogen) atoms. The number of hydrogen-bond donors (Lipinski definition) is 1. The minimum atomic E-state index is -4.24. The van der Waals surface area contributed by atoms with Crippen molar-refractivity contribution in [3.05, 3.63) is 34.1 Å². The summed E-state index contributed by atoms with van der Waals surface area (Å²) in [6.45, 7) is 0. The zero-order valence-electron chi connectivity index (χ0n) is 8.60. The van der Waals surface area contributed by atoms with Gasteiger partial charge >= 0.3 is 6.18 Å². The Kier molecular flexibility index (Phi) is 6.43. The molecule has 0 aliphatic carbocycles. The van der Waals surface area contributed by atoms with Crippen LogP contribution in [0, 0.1) is 5.82 Å². The van der Waals surface area contributed by atoms with Gasteiger partial charge in [-0.15, -0.1) is 12.4 Å². The number of rotatable bonds is 3. The molecule has 1 nitrogen and oxygen atoms in total. The number of alkyl halides is 3. The van der Waals surface area contributed by atoms with Gasteiger partial charge in [-0.25, -0.2) is 4.39 Å². The molecule has 0 unspecified atom stereocenters. The maximum atomic E-state index is 12.9. The third-order valence-electron chi connectivity index (χ3n) is 2.10. The maximum Gasteiger partial charge on any atom is 0.389 e. The van der Waals surface area contributed by atoms with E-state index >= 15 is 0 Å². The Morgan fingerprint density at radius 1 is 1.29 bits per heavy atom. The average Bonchev–Trinajstić information content (AvgIpc) is 2.17. The van der Waals surface area contributed by atoms with Gasteiger partial charge in [0, 0.05) is 16.9 Å². The van der Waals surface area contributed by atoms with E-state index in [9.17, 15) is 17.6 Å². The predicted octanol–water partition coefficient (Wildman–Crippen LogP) is 4.35. The molecular weight excluding hydrogens is 325 g/mol. The average molecular weight is 337 g/mol. The molecule has 0 amide bonds. The first-order chi connectivity index (χ1) is 7.29. The molecule has 0 aliphatic rings. The second-order valence-corrected chi connectivity index (χ2v) is 4.28. The summed E-state index contributed by atoms with van der Waals surface area (Å²) >= 11 is 3.12. The van der Waals surface area contributed by atoms with Crippen LogP contribution < -0.4 is 5.73 Å². The van der Waals surface area contributed by atoms with Crippen LogP contribution in [0.5, 0.6) is 0 Å². The summed E-state index contributed by atoms with van der Waals surface area (Å²) in [7, 11) is 0. The molecule has 0 bridgehead atoms. The van der Waals surface area contributed by atoms with Gasteiger partial charge in [0.2, 0.25) is 0 Å². The Labute approximate surface area is 111 Å². The van der Waals surface area contributed by atoms with Gasteiger partial charge in [-0.3, -0.25) is 0 Å². The van der Waals surface area contributed by atoms with Gasteiger partial charge in [0.25, 0.3) is 0 Å². The van der Waals surface area contributed by atoms with Crippen molar-refractivity contribution in [2.75, 3.05) is 0 Å². The summed E-state index contributed by atoms with van der Waals surface area (Å²) in [4.78, 5) is 0. The van der Waals surface area contributed by atoms with Crippen LogP contribution in [-0.4, -0.2) is 6.18 Å². The van der Waals surface area contributed by atoms with Crippen LogP contribution in [0.2, 0.25) is 0 Å². The molecule has 1 aromatic carbocycles. The second kappa shape index (κ2) is 6.56. The first-order valence-corrected chi connectivity index (χ1v) is 5.36. The molecule has 0 aromatic heterocycles. The molecule has 1 rings (SSSR count). The lowest BCUT2D eigenvalue weighted by molar-refractivity contribution is -0.136. The van der Waals surface area contributed by atoms with E-state index in [0.717, 1.165) is 6.07 Å². The highest BCUT2D eigenvalue weighted by molar-refractivity contribution is 9.10. The van der Waals surface area contributed by atoms with E-state index < -0.39 is 24.5 Å². The number of benzene rings is 1. The number of hydrogen-bond acceptors (Lipinski definition) is 1. The molecule has 7 heteroatoms. The van der Waals surface area contributed by atoms with Crippen LogP contribution in [0.3, 0.4) is 0 Å². The van der Waals surface area contributed by atoms with Gasteiger partial charge in [0.05, 0.1) is 0 Å². The summed E-state index contributed by atoms with van der Waals surface area (Å²) in [5.74, 6) is -0.513. The highest BCUT2D eigenvalue weighted by Gasteiger charge is 2.28. The fourth-order valence-electron chi connectivity index (χ4n) is 1.27. The maximum absolute atomic E-state index is 12.9. The van der Waals surface area contributed by atoms with Crippen molar-refractivity contribution in [2.24, 2.45) is 5.73 Å². The molecule has 0 spiro atoms. The molecule has 0 aliphatic heterocycles. The molecule has 0 saturated carbocycles. The summed E-state index contributed by atoms with van der Waals surface area (Å²) < 4.78 is 49.3. The lowest BCUT2D eigenvalue weighted by Gasteiger charge is -2.15. The van der Waals surface area contributed by atoms with Crippen molar-refractivity contribution in [1.29, 1.82) is 0 Å². The van der Waals surface area contributed by atoms with E-state index in [-0.39, 0.29) is 18.8 Å². The van der Waals surface area contributed by atoms with Gasteiger partial charge < -0.3 is 5.73 Å². The van der Waals surface area contributed by atoms with E-state index in [1.165, 1.54) is 12.1 Å². The number of halogens is 6. The normalized spacial score (nSPS) is 13.1. The molecule has 0 fully saturated rings. The fraction of sp³-hybridized carbons (Fsp3) is 0.400. The van der Waals surface area contributed by atoms with Gasteiger partial charge in [0.1, 0.15) is 5.82 Å². The Balaban J connectivity index is 0.00000256. The van der Waals surface area contributed by atoms with Crippen LogP contribution in [0.15, 0.2) is 22.7 Å². The summed E-state index contributed by atoms with van der Waals surface area (Å²) in [5.41, 5.74) is 5.93. The standard InChI is InChI=1S/C10H10BrF4N.ClH/c11-8-2-1-6(12)5-7(8)9(16)3-4-10(13,14)15;/h1-2,5,9H,3-4,16H2;1H/t9-;/m0./s1. The van der Waals surface area contributed by atoms with Gasteiger partial charge in [-0.05, 0) is 30.2 Å². The molecule has 0 heterocycles. The van der Waals surface area contributed by atoms with Crippen molar-refractivity contribution in [3.8, 4) is 0 Å². The second-order valence-electron chi connectivity index (χ2n) is 3.43. The predicted molar refractivity (Wildman–Crippen MR) is 63.6 cm³/mol. The van der Waals surface area contributed by atoms with Crippen LogP contribution in [0.25, 0.3) is 0 Å². The Bertz CT molecular complexity index is 370. The first-order valence-electron chi connectivity index (χ1n) is 4.57. The topological polar surface area (TPSA) is 26.0 Å². The molecule has 98 valence electrons. The minimum absolute atomic E-state index is 0. The van der Waals surface area contributed by atoms with Gasteiger partial charge in [-0.1, -0.05) is 15.9 Å². The van der Waals surface area contributed by atoms with E-state index in [4.69, 9.17) is 5.73 Å². The highest BCUT2D eigenvalue weighted by Crippen LogP contribution is 2.30. The molecule has 1 aromatic rings. The summed E-state index contributed by atoms with van der Waals surface area (Å²) in [5, 5.41) is 0. The third kappa shape index (κ3) is 5.70. The van der Waals surface area contributed by atoms with E-state index in [2.05, 4.69) is 15.9 Å². The molecule has 0 radical (unpaired) electrons. The third-order valence-corrected chi connectivity index (χ3v) is 2.82. The molecule has 1 atom stereocenters. The largest absolute Gasteiger partial charge is 0.389 e. The van der Waals surface area contributed by atoms with E-state index in [1.54, 1.807) is 0 Å². The van der Waals surface area contributed by atoms with Crippen LogP contribution in [0.1, 0.15) is 24.4 Å². The fourth-order valence-corrected chi connectivity index (χ4v) is 1.81. The summed E-state index contributed by atoms with van der Waals surface area (Å²) in [6, 6.07) is 2.96. The van der Waals surface area contributed by atoms with Crippen molar-refractivity contribution >= 4 is 28.3 Å². The molecule has 0 saturated heterocycles. The zero-order valence-corrected chi connectivity index (χ0v) is 11.0. The Hall–Kier alpha value is -0.330. The zero-order chi connectivity index (χ0) is 12.3.